The van der Waals surface area contributed by atoms with E-state index in [2.05, 4.69) is 40.0 Å². The molecule has 0 bridgehead atoms. The van der Waals surface area contributed by atoms with Crippen LogP contribution in [-0.2, 0) is 11.3 Å². The minimum absolute atomic E-state index is 0.404. The van der Waals surface area contributed by atoms with Gasteiger partial charge in [0.25, 0.3) is 0 Å². The summed E-state index contributed by atoms with van der Waals surface area (Å²) in [6.07, 6.45) is 4.18. The number of H-pyrrole nitrogens is 1. The van der Waals surface area contributed by atoms with Gasteiger partial charge in [-0.15, -0.1) is 11.3 Å². The maximum atomic E-state index is 5.25. The number of thiophene rings is 1. The monoisotopic (exact) mass is 279 g/mol. The minimum Gasteiger partial charge on any atom is -0.383 e. The van der Waals surface area contributed by atoms with Crippen molar-refractivity contribution in [3.05, 3.63) is 29.3 Å². The first-order chi connectivity index (χ1) is 9.35. The predicted molar refractivity (Wildman–Crippen MR) is 79.3 cm³/mol. The SMILES string of the molecule is CCCC(COC)NCc1cn[nH]c1-c1cccs1. The van der Waals surface area contributed by atoms with Gasteiger partial charge in [-0.2, -0.15) is 5.10 Å². The lowest BCUT2D eigenvalue weighted by Crippen LogP contribution is -2.32. The van der Waals surface area contributed by atoms with Crippen LogP contribution in [0, 0.1) is 0 Å². The second-order valence-electron chi connectivity index (χ2n) is 4.57. The lowest BCUT2D eigenvalue weighted by molar-refractivity contribution is 0.161. The molecule has 0 fully saturated rings. The number of methoxy groups -OCH3 is 1. The normalized spacial score (nSPS) is 12.7. The molecule has 0 spiro atoms. The van der Waals surface area contributed by atoms with Crippen molar-refractivity contribution < 1.29 is 4.74 Å². The molecular formula is C14H21N3OS. The molecule has 0 aromatic carbocycles. The van der Waals surface area contributed by atoms with Gasteiger partial charge in [0.1, 0.15) is 0 Å². The Morgan fingerprint density at radius 2 is 2.42 bits per heavy atom. The molecule has 2 rings (SSSR count). The zero-order valence-electron chi connectivity index (χ0n) is 11.5. The van der Waals surface area contributed by atoms with Gasteiger partial charge in [0.05, 0.1) is 23.4 Å². The van der Waals surface area contributed by atoms with Crippen LogP contribution >= 0.6 is 11.3 Å². The summed E-state index contributed by atoms with van der Waals surface area (Å²) in [5.74, 6) is 0. The van der Waals surface area contributed by atoms with Gasteiger partial charge in [-0.25, -0.2) is 0 Å². The number of nitrogens with zero attached hydrogens (tertiary/aromatic N) is 1. The number of hydrogen-bond acceptors (Lipinski definition) is 4. The molecule has 104 valence electrons. The van der Waals surface area contributed by atoms with Crippen LogP contribution < -0.4 is 5.32 Å². The molecule has 0 radical (unpaired) electrons. The number of ether oxygens (including phenoxy) is 1. The van der Waals surface area contributed by atoms with Gasteiger partial charge in [-0.05, 0) is 17.9 Å². The fourth-order valence-electron chi connectivity index (χ4n) is 2.13. The molecule has 0 aliphatic carbocycles. The van der Waals surface area contributed by atoms with Crippen molar-refractivity contribution in [3.63, 3.8) is 0 Å². The summed E-state index contributed by atoms with van der Waals surface area (Å²) in [5, 5.41) is 12.9. The highest BCUT2D eigenvalue weighted by Crippen LogP contribution is 2.25. The van der Waals surface area contributed by atoms with Crippen LogP contribution in [0.1, 0.15) is 25.3 Å². The van der Waals surface area contributed by atoms with Crippen molar-refractivity contribution in [1.29, 1.82) is 0 Å². The molecule has 1 unspecified atom stereocenters. The van der Waals surface area contributed by atoms with Crippen LogP contribution in [0.15, 0.2) is 23.7 Å². The summed E-state index contributed by atoms with van der Waals surface area (Å²) in [7, 11) is 1.75. The Hall–Kier alpha value is -1.17. The van der Waals surface area contributed by atoms with E-state index in [9.17, 15) is 0 Å². The summed E-state index contributed by atoms with van der Waals surface area (Å²) in [6, 6.07) is 4.57. The summed E-state index contributed by atoms with van der Waals surface area (Å²) in [6.45, 7) is 3.76. The number of hydrogen-bond donors (Lipinski definition) is 2. The predicted octanol–water partition coefficient (Wildman–Crippen LogP) is 3.04. The highest BCUT2D eigenvalue weighted by atomic mass is 32.1. The molecule has 0 saturated carbocycles. The summed E-state index contributed by atoms with van der Waals surface area (Å²) in [5.41, 5.74) is 2.33. The van der Waals surface area contributed by atoms with Gasteiger partial charge in [0.2, 0.25) is 0 Å². The maximum Gasteiger partial charge on any atom is 0.0794 e. The van der Waals surface area contributed by atoms with E-state index in [1.54, 1.807) is 18.4 Å². The van der Waals surface area contributed by atoms with Gasteiger partial charge in [-0.3, -0.25) is 5.10 Å². The van der Waals surface area contributed by atoms with E-state index in [1.165, 1.54) is 10.4 Å². The molecule has 0 saturated heterocycles. The van der Waals surface area contributed by atoms with Crippen LogP contribution in [0.25, 0.3) is 10.6 Å². The first kappa shape index (κ1) is 14.2. The molecule has 2 heterocycles. The molecule has 5 heteroatoms. The lowest BCUT2D eigenvalue weighted by Gasteiger charge is -2.16. The van der Waals surface area contributed by atoms with Crippen molar-refractivity contribution in [2.24, 2.45) is 0 Å². The highest BCUT2D eigenvalue weighted by Gasteiger charge is 2.11. The van der Waals surface area contributed by atoms with Gasteiger partial charge in [-0.1, -0.05) is 19.4 Å². The van der Waals surface area contributed by atoms with Gasteiger partial charge < -0.3 is 10.1 Å². The van der Waals surface area contributed by atoms with Crippen molar-refractivity contribution in [3.8, 4) is 10.6 Å². The van der Waals surface area contributed by atoms with Crippen LogP contribution in [0.2, 0.25) is 0 Å². The minimum atomic E-state index is 0.404. The van der Waals surface area contributed by atoms with Gasteiger partial charge >= 0.3 is 0 Å². The van der Waals surface area contributed by atoms with Crippen LogP contribution in [0.5, 0.6) is 0 Å². The van der Waals surface area contributed by atoms with Crippen molar-refractivity contribution >= 4 is 11.3 Å². The van der Waals surface area contributed by atoms with E-state index in [1.807, 2.05) is 6.20 Å². The lowest BCUT2D eigenvalue weighted by atomic mass is 10.1. The Bertz CT molecular complexity index is 461. The topological polar surface area (TPSA) is 49.9 Å². The molecule has 0 aliphatic rings. The summed E-state index contributed by atoms with van der Waals surface area (Å²) < 4.78 is 5.25. The maximum absolute atomic E-state index is 5.25. The Morgan fingerprint density at radius 1 is 1.53 bits per heavy atom. The first-order valence-corrected chi connectivity index (χ1v) is 7.51. The Labute approximate surface area is 118 Å². The van der Waals surface area contributed by atoms with E-state index in [-0.39, 0.29) is 0 Å². The number of rotatable bonds is 8. The van der Waals surface area contributed by atoms with Crippen LogP contribution in [0.3, 0.4) is 0 Å². The molecular weight excluding hydrogens is 258 g/mol. The molecule has 19 heavy (non-hydrogen) atoms. The molecule has 0 amide bonds. The fraction of sp³-hybridized carbons (Fsp3) is 0.500. The van der Waals surface area contributed by atoms with E-state index < -0.39 is 0 Å². The number of aromatic amines is 1. The third kappa shape index (κ3) is 3.89. The fourth-order valence-corrected chi connectivity index (χ4v) is 2.88. The quantitative estimate of drug-likeness (QED) is 0.781. The average molecular weight is 279 g/mol. The van der Waals surface area contributed by atoms with Crippen molar-refractivity contribution in [2.75, 3.05) is 13.7 Å². The average Bonchev–Trinajstić information content (AvgIpc) is 3.07. The van der Waals surface area contributed by atoms with Gasteiger partial charge in [0, 0.05) is 25.3 Å². The zero-order chi connectivity index (χ0) is 13.5. The molecule has 2 aromatic heterocycles. The Balaban J connectivity index is 1.98. The van der Waals surface area contributed by atoms with E-state index in [0.29, 0.717) is 6.04 Å². The summed E-state index contributed by atoms with van der Waals surface area (Å²) in [4.78, 5) is 1.23. The third-order valence-electron chi connectivity index (χ3n) is 3.07. The summed E-state index contributed by atoms with van der Waals surface area (Å²) >= 11 is 1.73. The number of nitrogens with one attached hydrogen (secondary N) is 2. The number of aromatic nitrogens is 2. The van der Waals surface area contributed by atoms with Crippen molar-refractivity contribution in [1.82, 2.24) is 15.5 Å². The Kier molecular flexibility index (Phi) is 5.57. The largest absolute Gasteiger partial charge is 0.383 e. The highest BCUT2D eigenvalue weighted by molar-refractivity contribution is 7.13. The standard InChI is InChI=1S/C14H21N3OS/c1-3-5-12(10-18-2)15-8-11-9-16-17-14(11)13-6-4-7-19-13/h4,6-7,9,12,15H,3,5,8,10H2,1-2H3,(H,16,17). The van der Waals surface area contributed by atoms with E-state index in [0.717, 1.165) is 31.7 Å². The van der Waals surface area contributed by atoms with Crippen LogP contribution in [0.4, 0.5) is 0 Å². The van der Waals surface area contributed by atoms with E-state index >= 15 is 0 Å². The van der Waals surface area contributed by atoms with Gasteiger partial charge in [0.15, 0.2) is 0 Å². The molecule has 1 atom stereocenters. The second-order valence-corrected chi connectivity index (χ2v) is 5.52. The van der Waals surface area contributed by atoms with E-state index in [4.69, 9.17) is 4.74 Å². The molecule has 2 N–H and O–H groups in total. The van der Waals surface area contributed by atoms with Crippen molar-refractivity contribution in [2.45, 2.75) is 32.4 Å². The third-order valence-corrected chi connectivity index (χ3v) is 3.96. The molecule has 4 nitrogen and oxygen atoms in total. The zero-order valence-corrected chi connectivity index (χ0v) is 12.3. The molecule has 0 aliphatic heterocycles. The molecule has 2 aromatic rings. The Morgan fingerprint density at radius 3 is 3.11 bits per heavy atom. The second kappa shape index (κ2) is 7.43. The first-order valence-electron chi connectivity index (χ1n) is 6.63. The van der Waals surface area contributed by atoms with Crippen LogP contribution in [-0.4, -0.2) is 30.0 Å². The smallest absolute Gasteiger partial charge is 0.0794 e.